The largest absolute Gasteiger partial charge is 0.419 e. The maximum atomic E-state index is 13.1. The van der Waals surface area contributed by atoms with Crippen LogP contribution in [-0.2, 0) is 10.9 Å². The molecule has 19 heavy (non-hydrogen) atoms. The molecule has 0 bridgehead atoms. The summed E-state index contributed by atoms with van der Waals surface area (Å²) in [7, 11) is 0. The number of rotatable bonds is 2. The minimum Gasteiger partial charge on any atom is -0.378 e. The third-order valence-corrected chi connectivity index (χ3v) is 3.27. The summed E-state index contributed by atoms with van der Waals surface area (Å²) in [5, 5.41) is 0. The lowest BCUT2D eigenvalue weighted by Crippen LogP contribution is -2.22. The summed E-state index contributed by atoms with van der Waals surface area (Å²) >= 11 is 0. The fraction of sp³-hybridized carbons (Fsp3) is 0.462. The standard InChI is InChI=1S/C13H12F4O2/c1-7-9(4-5-19-7)12(18)8-2-3-11(14)10(6-8)13(15,16)17/h2-3,6-7,9H,4-5H2,1H3. The van der Waals surface area contributed by atoms with Gasteiger partial charge in [0.2, 0.25) is 0 Å². The summed E-state index contributed by atoms with van der Waals surface area (Å²) in [6, 6.07) is 2.33. The number of benzene rings is 1. The average molecular weight is 276 g/mol. The van der Waals surface area contributed by atoms with Crippen LogP contribution in [0.15, 0.2) is 18.2 Å². The first kappa shape index (κ1) is 14.0. The van der Waals surface area contributed by atoms with E-state index in [0.29, 0.717) is 25.2 Å². The lowest BCUT2D eigenvalue weighted by atomic mass is 9.91. The number of hydrogen-bond donors (Lipinski definition) is 0. The van der Waals surface area contributed by atoms with Gasteiger partial charge in [-0.3, -0.25) is 4.79 Å². The third kappa shape index (κ3) is 2.78. The van der Waals surface area contributed by atoms with E-state index in [1.54, 1.807) is 6.92 Å². The lowest BCUT2D eigenvalue weighted by Gasteiger charge is -2.14. The number of ether oxygens (including phenoxy) is 1. The van der Waals surface area contributed by atoms with Gasteiger partial charge in [0.15, 0.2) is 5.78 Å². The maximum absolute atomic E-state index is 13.1. The van der Waals surface area contributed by atoms with Crippen LogP contribution < -0.4 is 0 Å². The first-order chi connectivity index (χ1) is 8.80. The van der Waals surface area contributed by atoms with Crippen LogP contribution in [0.4, 0.5) is 17.6 Å². The number of carbonyl (C=O) groups excluding carboxylic acids is 1. The summed E-state index contributed by atoms with van der Waals surface area (Å²) in [6.45, 7) is 2.11. The van der Waals surface area contributed by atoms with Crippen molar-refractivity contribution in [2.24, 2.45) is 5.92 Å². The minimum absolute atomic E-state index is 0.129. The van der Waals surface area contributed by atoms with Gasteiger partial charge in [0.25, 0.3) is 0 Å². The number of carbonyl (C=O) groups is 1. The van der Waals surface area contributed by atoms with Crippen molar-refractivity contribution in [1.29, 1.82) is 0 Å². The van der Waals surface area contributed by atoms with E-state index in [2.05, 4.69) is 0 Å². The smallest absolute Gasteiger partial charge is 0.378 e. The second kappa shape index (κ2) is 4.92. The Balaban J connectivity index is 2.33. The fourth-order valence-electron chi connectivity index (χ4n) is 2.19. The van der Waals surface area contributed by atoms with Crippen molar-refractivity contribution in [1.82, 2.24) is 0 Å². The first-order valence-corrected chi connectivity index (χ1v) is 5.83. The molecule has 1 aromatic carbocycles. The van der Waals surface area contributed by atoms with E-state index >= 15 is 0 Å². The van der Waals surface area contributed by atoms with E-state index in [1.165, 1.54) is 0 Å². The normalized spacial score (nSPS) is 23.6. The molecule has 0 saturated carbocycles. The van der Waals surface area contributed by atoms with Crippen molar-refractivity contribution in [2.45, 2.75) is 25.6 Å². The van der Waals surface area contributed by atoms with Crippen molar-refractivity contribution in [3.63, 3.8) is 0 Å². The van der Waals surface area contributed by atoms with Crippen LogP contribution in [0, 0.1) is 11.7 Å². The molecule has 0 N–H and O–H groups in total. The molecule has 0 amide bonds. The Morgan fingerprint density at radius 2 is 2.05 bits per heavy atom. The van der Waals surface area contributed by atoms with Gasteiger partial charge in [0.05, 0.1) is 17.6 Å². The number of ketones is 1. The molecule has 2 nitrogen and oxygen atoms in total. The first-order valence-electron chi connectivity index (χ1n) is 5.83. The third-order valence-electron chi connectivity index (χ3n) is 3.27. The molecule has 2 unspecified atom stereocenters. The molecule has 1 aliphatic heterocycles. The predicted molar refractivity (Wildman–Crippen MR) is 59.3 cm³/mol. The van der Waals surface area contributed by atoms with Crippen LogP contribution in [0.1, 0.15) is 29.3 Å². The highest BCUT2D eigenvalue weighted by atomic mass is 19.4. The van der Waals surface area contributed by atoms with Crippen LogP contribution in [0.5, 0.6) is 0 Å². The van der Waals surface area contributed by atoms with Gasteiger partial charge in [0, 0.05) is 12.2 Å². The van der Waals surface area contributed by atoms with Crippen molar-refractivity contribution in [3.05, 3.63) is 35.1 Å². The van der Waals surface area contributed by atoms with Crippen LogP contribution >= 0.6 is 0 Å². The van der Waals surface area contributed by atoms with Gasteiger partial charge < -0.3 is 4.74 Å². The molecule has 1 aromatic rings. The minimum atomic E-state index is -4.81. The molecule has 1 aliphatic rings. The van der Waals surface area contributed by atoms with Crippen molar-refractivity contribution in [3.8, 4) is 0 Å². The van der Waals surface area contributed by atoms with Gasteiger partial charge >= 0.3 is 6.18 Å². The zero-order valence-electron chi connectivity index (χ0n) is 10.1. The van der Waals surface area contributed by atoms with Gasteiger partial charge in [-0.1, -0.05) is 0 Å². The van der Waals surface area contributed by atoms with Crippen LogP contribution in [0.25, 0.3) is 0 Å². The second-order valence-electron chi connectivity index (χ2n) is 4.53. The van der Waals surface area contributed by atoms with Crippen molar-refractivity contribution < 1.29 is 27.1 Å². The Kier molecular flexibility index (Phi) is 3.62. The highest BCUT2D eigenvalue weighted by Gasteiger charge is 2.36. The molecule has 1 saturated heterocycles. The molecule has 0 spiro atoms. The maximum Gasteiger partial charge on any atom is 0.419 e. The lowest BCUT2D eigenvalue weighted by molar-refractivity contribution is -0.140. The number of alkyl halides is 3. The molecular formula is C13H12F4O2. The predicted octanol–water partition coefficient (Wildman–Crippen LogP) is 3.45. The molecule has 104 valence electrons. The zero-order valence-corrected chi connectivity index (χ0v) is 10.1. The molecule has 2 rings (SSSR count). The van der Waals surface area contributed by atoms with Crippen molar-refractivity contribution >= 4 is 5.78 Å². The summed E-state index contributed by atoms with van der Waals surface area (Å²) in [6.07, 6.45) is -4.66. The van der Waals surface area contributed by atoms with Gasteiger partial charge in [-0.25, -0.2) is 4.39 Å². The molecule has 0 aliphatic carbocycles. The Morgan fingerprint density at radius 1 is 1.37 bits per heavy atom. The van der Waals surface area contributed by atoms with Crippen molar-refractivity contribution in [2.75, 3.05) is 6.61 Å². The summed E-state index contributed by atoms with van der Waals surface area (Å²) in [4.78, 5) is 12.1. The number of halogens is 4. The zero-order chi connectivity index (χ0) is 14.2. The van der Waals surface area contributed by atoms with Gasteiger partial charge in [-0.05, 0) is 31.5 Å². The average Bonchev–Trinajstić information content (AvgIpc) is 2.73. The Bertz CT molecular complexity index is 496. The van der Waals surface area contributed by atoms with Gasteiger partial charge in [-0.2, -0.15) is 13.2 Å². The Hall–Kier alpha value is -1.43. The number of Topliss-reactive ketones (excluding diaryl/α,β-unsaturated/α-hetero) is 1. The molecule has 1 fully saturated rings. The topological polar surface area (TPSA) is 26.3 Å². The molecule has 0 aromatic heterocycles. The monoisotopic (exact) mass is 276 g/mol. The summed E-state index contributed by atoms with van der Waals surface area (Å²) in [5.74, 6) is -2.28. The second-order valence-corrected chi connectivity index (χ2v) is 4.53. The molecule has 1 heterocycles. The highest BCUT2D eigenvalue weighted by Crippen LogP contribution is 2.33. The number of hydrogen-bond acceptors (Lipinski definition) is 2. The SMILES string of the molecule is CC1OCCC1C(=O)c1ccc(F)c(C(F)(F)F)c1. The van der Waals surface area contributed by atoms with E-state index in [9.17, 15) is 22.4 Å². The molecule has 0 radical (unpaired) electrons. The Labute approximate surface area is 107 Å². The molecule has 6 heteroatoms. The quantitative estimate of drug-likeness (QED) is 0.611. The highest BCUT2D eigenvalue weighted by molar-refractivity contribution is 5.98. The summed E-state index contributed by atoms with van der Waals surface area (Å²) < 4.78 is 56.0. The molecule has 2 atom stereocenters. The summed E-state index contributed by atoms with van der Waals surface area (Å²) in [5.41, 5.74) is -1.54. The molecular weight excluding hydrogens is 264 g/mol. The van der Waals surface area contributed by atoms with E-state index < -0.39 is 29.3 Å². The van der Waals surface area contributed by atoms with E-state index in [-0.39, 0.29) is 11.7 Å². The van der Waals surface area contributed by atoms with E-state index in [0.717, 1.165) is 6.07 Å². The van der Waals surface area contributed by atoms with Crippen LogP contribution in [0.2, 0.25) is 0 Å². The van der Waals surface area contributed by atoms with Gasteiger partial charge in [-0.15, -0.1) is 0 Å². The van der Waals surface area contributed by atoms with E-state index in [1.807, 2.05) is 0 Å². The Morgan fingerprint density at radius 3 is 2.58 bits per heavy atom. The van der Waals surface area contributed by atoms with Gasteiger partial charge in [0.1, 0.15) is 5.82 Å². The van der Waals surface area contributed by atoms with Crippen LogP contribution in [-0.4, -0.2) is 18.5 Å². The fourth-order valence-corrected chi connectivity index (χ4v) is 2.19. The van der Waals surface area contributed by atoms with Crippen LogP contribution in [0.3, 0.4) is 0 Å². The van der Waals surface area contributed by atoms with E-state index in [4.69, 9.17) is 4.74 Å².